The van der Waals surface area contributed by atoms with Crippen LogP contribution in [0.25, 0.3) is 0 Å². The highest BCUT2D eigenvalue weighted by atomic mass is 35.5. The molecule has 1 atom stereocenters. The number of amides is 1. The van der Waals surface area contributed by atoms with Gasteiger partial charge in [-0.05, 0) is 18.9 Å². The fourth-order valence-electron chi connectivity index (χ4n) is 2.74. The Morgan fingerprint density at radius 3 is 2.80 bits per heavy atom. The minimum Gasteiger partial charge on any atom is -0.382 e. The molecule has 2 aliphatic rings. The molecule has 1 heterocycles. The minimum absolute atomic E-state index is 0.0669. The number of nitrogens with one attached hydrogen (secondary N) is 1. The molecule has 1 amide bonds. The van der Waals surface area contributed by atoms with Crippen molar-refractivity contribution >= 4 is 23.2 Å². The Hall–Kier alpha value is -1.55. The molecule has 1 aliphatic carbocycles. The monoisotopic (exact) mass is 292 g/mol. The van der Waals surface area contributed by atoms with E-state index >= 15 is 0 Å². The maximum absolute atomic E-state index is 12.1. The molecule has 1 saturated carbocycles. The maximum atomic E-state index is 12.1. The molecule has 0 aromatic heterocycles. The van der Waals surface area contributed by atoms with Crippen LogP contribution in [0.5, 0.6) is 0 Å². The summed E-state index contributed by atoms with van der Waals surface area (Å²) in [6.07, 6.45) is 4.47. The summed E-state index contributed by atoms with van der Waals surface area (Å²) < 4.78 is 0. The summed E-state index contributed by atoms with van der Waals surface area (Å²) in [5.74, 6) is -0.0669. The first-order valence-electron chi connectivity index (χ1n) is 7.02. The first-order valence-corrected chi connectivity index (χ1v) is 7.40. The Bertz CT molecular complexity index is 538. The van der Waals surface area contributed by atoms with Gasteiger partial charge in [-0.2, -0.15) is 0 Å². The van der Waals surface area contributed by atoms with Crippen molar-refractivity contribution in [1.82, 2.24) is 5.32 Å². The van der Waals surface area contributed by atoms with Gasteiger partial charge in [0.05, 0.1) is 5.71 Å². The number of hydrogen-bond donors (Lipinski definition) is 1. The fourth-order valence-corrected chi connectivity index (χ4v) is 2.98. The topological polar surface area (TPSA) is 50.7 Å². The zero-order chi connectivity index (χ0) is 13.9. The molecular weight excluding hydrogens is 276 g/mol. The quantitative estimate of drug-likeness (QED) is 0.931. The third-order valence-electron chi connectivity index (χ3n) is 3.85. The van der Waals surface area contributed by atoms with Gasteiger partial charge in [-0.15, -0.1) is 0 Å². The smallest absolute Gasteiger partial charge is 0.264 e. The van der Waals surface area contributed by atoms with Crippen LogP contribution in [0.2, 0.25) is 5.02 Å². The number of hydrogen-bond acceptors (Lipinski definition) is 3. The van der Waals surface area contributed by atoms with Crippen LogP contribution < -0.4 is 5.32 Å². The van der Waals surface area contributed by atoms with E-state index in [9.17, 15) is 4.79 Å². The standard InChI is InChI=1S/C15H17ClN2O2/c16-12-8-4-3-7-11(12)13-9-14(20-18-13)15(19)17-10-5-1-2-6-10/h3-4,7-8,10,14H,1-2,5-6,9H2,(H,17,19). The van der Waals surface area contributed by atoms with Crippen LogP contribution in [0.15, 0.2) is 29.4 Å². The van der Waals surface area contributed by atoms with Gasteiger partial charge in [-0.1, -0.05) is 47.8 Å². The van der Waals surface area contributed by atoms with Crippen molar-refractivity contribution in [3.05, 3.63) is 34.9 Å². The Labute approximate surface area is 123 Å². The molecule has 1 aromatic carbocycles. The summed E-state index contributed by atoms with van der Waals surface area (Å²) in [7, 11) is 0. The van der Waals surface area contributed by atoms with Gasteiger partial charge in [0.2, 0.25) is 6.10 Å². The van der Waals surface area contributed by atoms with E-state index in [1.165, 1.54) is 12.8 Å². The third-order valence-corrected chi connectivity index (χ3v) is 4.18. The number of carbonyl (C=O) groups excluding carboxylic acids is 1. The van der Waals surface area contributed by atoms with Crippen molar-refractivity contribution in [2.75, 3.05) is 0 Å². The lowest BCUT2D eigenvalue weighted by molar-refractivity contribution is -0.131. The van der Waals surface area contributed by atoms with Gasteiger partial charge in [-0.3, -0.25) is 4.79 Å². The van der Waals surface area contributed by atoms with Crippen LogP contribution in [0.3, 0.4) is 0 Å². The number of oxime groups is 1. The second-order valence-electron chi connectivity index (χ2n) is 5.31. The van der Waals surface area contributed by atoms with E-state index in [1.807, 2.05) is 24.3 Å². The van der Waals surface area contributed by atoms with Crippen molar-refractivity contribution in [2.45, 2.75) is 44.2 Å². The van der Waals surface area contributed by atoms with Crippen molar-refractivity contribution < 1.29 is 9.63 Å². The van der Waals surface area contributed by atoms with Gasteiger partial charge in [0, 0.05) is 23.0 Å². The molecule has 1 aromatic rings. The molecule has 0 radical (unpaired) electrons. The molecule has 0 spiro atoms. The predicted molar refractivity (Wildman–Crippen MR) is 77.9 cm³/mol. The van der Waals surface area contributed by atoms with Crippen LogP contribution >= 0.6 is 11.6 Å². The predicted octanol–water partition coefficient (Wildman–Crippen LogP) is 2.89. The Morgan fingerprint density at radius 2 is 2.05 bits per heavy atom. The average Bonchev–Trinajstić information content (AvgIpc) is 3.10. The first kappa shape index (κ1) is 13.4. The van der Waals surface area contributed by atoms with E-state index < -0.39 is 6.10 Å². The van der Waals surface area contributed by atoms with E-state index in [4.69, 9.17) is 16.4 Å². The molecule has 1 fully saturated rings. The lowest BCUT2D eigenvalue weighted by Gasteiger charge is -2.14. The largest absolute Gasteiger partial charge is 0.382 e. The zero-order valence-corrected chi connectivity index (χ0v) is 11.9. The van der Waals surface area contributed by atoms with Gasteiger partial charge >= 0.3 is 0 Å². The van der Waals surface area contributed by atoms with E-state index in [1.54, 1.807) is 0 Å². The highest BCUT2D eigenvalue weighted by Gasteiger charge is 2.31. The maximum Gasteiger partial charge on any atom is 0.264 e. The Balaban J connectivity index is 1.61. The minimum atomic E-state index is -0.526. The second kappa shape index (κ2) is 5.83. The fraction of sp³-hybridized carbons (Fsp3) is 0.467. The van der Waals surface area contributed by atoms with Gasteiger partial charge in [0.1, 0.15) is 0 Å². The SMILES string of the molecule is O=C(NC1CCCC1)C1CC(c2ccccc2Cl)=NO1. The molecule has 3 rings (SSSR count). The zero-order valence-electron chi connectivity index (χ0n) is 11.1. The summed E-state index contributed by atoms with van der Waals surface area (Å²) in [5, 5.41) is 7.68. The van der Waals surface area contributed by atoms with Crippen LogP contribution in [-0.2, 0) is 9.63 Å². The van der Waals surface area contributed by atoms with Crippen molar-refractivity contribution in [2.24, 2.45) is 5.16 Å². The van der Waals surface area contributed by atoms with Crippen molar-refractivity contribution in [3.63, 3.8) is 0 Å². The average molecular weight is 293 g/mol. The lowest BCUT2D eigenvalue weighted by atomic mass is 10.0. The highest BCUT2D eigenvalue weighted by molar-refractivity contribution is 6.34. The molecule has 4 nitrogen and oxygen atoms in total. The highest BCUT2D eigenvalue weighted by Crippen LogP contribution is 2.24. The van der Waals surface area contributed by atoms with Gasteiger partial charge in [0.25, 0.3) is 5.91 Å². The van der Waals surface area contributed by atoms with E-state index in [0.29, 0.717) is 17.5 Å². The van der Waals surface area contributed by atoms with Crippen LogP contribution in [0.1, 0.15) is 37.7 Å². The van der Waals surface area contributed by atoms with Crippen LogP contribution in [0, 0.1) is 0 Å². The van der Waals surface area contributed by atoms with E-state index in [0.717, 1.165) is 24.1 Å². The summed E-state index contributed by atoms with van der Waals surface area (Å²) in [6.45, 7) is 0. The molecule has 5 heteroatoms. The van der Waals surface area contributed by atoms with E-state index in [-0.39, 0.29) is 5.91 Å². The summed E-state index contributed by atoms with van der Waals surface area (Å²) >= 11 is 6.13. The first-order chi connectivity index (χ1) is 9.74. The summed E-state index contributed by atoms with van der Waals surface area (Å²) in [6, 6.07) is 7.77. The normalized spacial score (nSPS) is 22.4. The molecule has 0 bridgehead atoms. The third kappa shape index (κ3) is 2.80. The van der Waals surface area contributed by atoms with E-state index in [2.05, 4.69) is 10.5 Å². The van der Waals surface area contributed by atoms with Gasteiger partial charge in [0.15, 0.2) is 0 Å². The van der Waals surface area contributed by atoms with Crippen molar-refractivity contribution in [3.8, 4) is 0 Å². The van der Waals surface area contributed by atoms with Crippen LogP contribution in [-0.4, -0.2) is 23.8 Å². The van der Waals surface area contributed by atoms with Crippen molar-refractivity contribution in [1.29, 1.82) is 0 Å². The molecule has 1 N–H and O–H groups in total. The molecular formula is C15H17ClN2O2. The lowest BCUT2D eigenvalue weighted by Crippen LogP contribution is -2.40. The second-order valence-corrected chi connectivity index (χ2v) is 5.71. The molecule has 106 valence electrons. The number of benzene rings is 1. The summed E-state index contributed by atoms with van der Waals surface area (Å²) in [4.78, 5) is 17.4. The number of nitrogens with zero attached hydrogens (tertiary/aromatic N) is 1. The van der Waals surface area contributed by atoms with Gasteiger partial charge < -0.3 is 10.2 Å². The Kier molecular flexibility index (Phi) is 3.92. The molecule has 20 heavy (non-hydrogen) atoms. The van der Waals surface area contributed by atoms with Gasteiger partial charge in [-0.25, -0.2) is 0 Å². The molecule has 0 saturated heterocycles. The number of rotatable bonds is 3. The molecule has 1 aliphatic heterocycles. The summed E-state index contributed by atoms with van der Waals surface area (Å²) in [5.41, 5.74) is 1.58. The number of halogens is 1. The Morgan fingerprint density at radius 1 is 1.30 bits per heavy atom. The van der Waals surface area contributed by atoms with Crippen LogP contribution in [0.4, 0.5) is 0 Å². The molecule has 1 unspecified atom stereocenters. The number of carbonyl (C=O) groups is 1.